The van der Waals surface area contributed by atoms with E-state index in [-0.39, 0.29) is 11.8 Å². The number of pyridine rings is 1. The number of allylic oxidation sites excluding steroid dienone is 2. The van der Waals surface area contributed by atoms with Crippen molar-refractivity contribution in [1.29, 1.82) is 5.41 Å². The molecule has 4 N–H and O–H groups in total. The number of alkyl halides is 1. The second kappa shape index (κ2) is 20.9. The zero-order chi connectivity index (χ0) is 33.9. The summed E-state index contributed by atoms with van der Waals surface area (Å²) in [6, 6.07) is 3.73. The number of nitrogen functional groups attached to an aromatic ring is 1. The van der Waals surface area contributed by atoms with Crippen molar-refractivity contribution >= 4 is 46.5 Å². The standard InChI is InChI=1S/C29H36N6O2.C4H10.CH3F.CH4O/c1-4-8-26(32-18-20(5-2)29(37)35-15-13-34(14-16-35)19(3)36)28-22-10-7-6-9-21(22)27-23(17-30)24(31)11-12-25(27)33-28;1-3-4-2;2*1-2/h5,8,11-12,17-18,30H,4,6-7,9-10,13-16,31H2,1-3H3;3-4H2,1-2H3;1H3;2H,1H3/b20-5+,26-8+,30-17?,32-18+;;;. The van der Waals surface area contributed by atoms with Gasteiger partial charge in [0.25, 0.3) is 5.91 Å². The van der Waals surface area contributed by atoms with Gasteiger partial charge in [0.15, 0.2) is 0 Å². The third kappa shape index (κ3) is 10.3. The summed E-state index contributed by atoms with van der Waals surface area (Å²) in [4.78, 5) is 38.2. The number of aliphatic hydroxyl groups is 1. The van der Waals surface area contributed by atoms with Crippen LogP contribution < -0.4 is 5.73 Å². The Morgan fingerprint density at radius 2 is 1.60 bits per heavy atom. The molecule has 4 rings (SSSR count). The van der Waals surface area contributed by atoms with E-state index >= 15 is 0 Å². The van der Waals surface area contributed by atoms with Gasteiger partial charge >= 0.3 is 0 Å². The molecule has 2 amide bonds. The Bertz CT molecular complexity index is 1360. The quantitative estimate of drug-likeness (QED) is 0.193. The van der Waals surface area contributed by atoms with Gasteiger partial charge in [0.05, 0.1) is 29.7 Å². The van der Waals surface area contributed by atoms with Gasteiger partial charge in [0.2, 0.25) is 5.91 Å². The van der Waals surface area contributed by atoms with Crippen LogP contribution in [0.25, 0.3) is 16.6 Å². The number of nitrogens with one attached hydrogen (secondary N) is 1. The molecule has 0 atom stereocenters. The number of aliphatic hydroxyl groups excluding tert-OH is 1. The summed E-state index contributed by atoms with van der Waals surface area (Å²) in [6.07, 6.45) is 14.2. The minimum Gasteiger partial charge on any atom is -0.400 e. The Labute approximate surface area is 268 Å². The Morgan fingerprint density at radius 3 is 2.11 bits per heavy atom. The molecule has 1 fully saturated rings. The molecule has 0 unspecified atom stereocenters. The van der Waals surface area contributed by atoms with Crippen molar-refractivity contribution in [2.45, 2.75) is 79.6 Å². The number of benzene rings is 1. The van der Waals surface area contributed by atoms with E-state index in [9.17, 15) is 14.0 Å². The van der Waals surface area contributed by atoms with Crippen molar-refractivity contribution in [3.8, 4) is 0 Å². The van der Waals surface area contributed by atoms with E-state index < -0.39 is 0 Å². The molecule has 1 aliphatic carbocycles. The van der Waals surface area contributed by atoms with Gasteiger partial charge in [-0.3, -0.25) is 19.0 Å². The highest BCUT2D eigenvalue weighted by atomic mass is 19.1. The molecule has 0 bridgehead atoms. The molecule has 2 aromatic rings. The molecule has 0 radical (unpaired) electrons. The van der Waals surface area contributed by atoms with Crippen LogP contribution in [-0.2, 0) is 22.4 Å². The van der Waals surface area contributed by atoms with Gasteiger partial charge in [-0.1, -0.05) is 45.8 Å². The van der Waals surface area contributed by atoms with Crippen LogP contribution in [0, 0.1) is 5.41 Å². The highest BCUT2D eigenvalue weighted by molar-refractivity contribution is 6.13. The second-order valence-electron chi connectivity index (χ2n) is 10.5. The molecule has 248 valence electrons. The van der Waals surface area contributed by atoms with Crippen LogP contribution in [0.2, 0.25) is 0 Å². The number of aryl methyl sites for hydroxylation is 1. The third-order valence-electron chi connectivity index (χ3n) is 7.74. The number of anilines is 1. The number of nitrogens with zero attached hydrogens (tertiary/aromatic N) is 4. The van der Waals surface area contributed by atoms with Gasteiger partial charge in [0.1, 0.15) is 0 Å². The van der Waals surface area contributed by atoms with Crippen LogP contribution in [0.5, 0.6) is 0 Å². The fraction of sp³-hybridized carbons (Fsp3) is 0.514. The first-order chi connectivity index (χ1) is 21.8. The molecule has 1 aromatic heterocycles. The first-order valence-corrected chi connectivity index (χ1v) is 15.8. The summed E-state index contributed by atoms with van der Waals surface area (Å²) < 4.78 is 9.50. The van der Waals surface area contributed by atoms with Crippen LogP contribution in [0.15, 0.2) is 34.9 Å². The summed E-state index contributed by atoms with van der Waals surface area (Å²) in [7, 11) is 1.50. The molecular weight excluding hydrogens is 571 g/mol. The van der Waals surface area contributed by atoms with Crippen LogP contribution in [0.1, 0.15) is 89.1 Å². The number of piperazine rings is 1. The minimum atomic E-state index is -0.0788. The van der Waals surface area contributed by atoms with Gasteiger partial charge < -0.3 is 26.0 Å². The Balaban J connectivity index is 0.00000115. The largest absolute Gasteiger partial charge is 0.400 e. The third-order valence-corrected chi connectivity index (χ3v) is 7.74. The predicted octanol–water partition coefficient (Wildman–Crippen LogP) is 6.15. The lowest BCUT2D eigenvalue weighted by molar-refractivity contribution is -0.135. The maximum absolute atomic E-state index is 13.2. The number of amides is 2. The van der Waals surface area contributed by atoms with Crippen molar-refractivity contribution in [1.82, 2.24) is 14.8 Å². The summed E-state index contributed by atoms with van der Waals surface area (Å²) >= 11 is 0. The number of aromatic nitrogens is 1. The maximum Gasteiger partial charge on any atom is 0.255 e. The number of aliphatic imine (C=N–C) groups is 1. The molecule has 1 saturated heterocycles. The molecule has 45 heavy (non-hydrogen) atoms. The fourth-order valence-corrected chi connectivity index (χ4v) is 5.24. The van der Waals surface area contributed by atoms with Gasteiger partial charge in [0, 0.05) is 69.3 Å². The number of carbonyl (C=O) groups is 2. The minimum absolute atomic E-state index is 0.0379. The van der Waals surface area contributed by atoms with Crippen molar-refractivity contribution in [2.75, 3.05) is 46.2 Å². The maximum atomic E-state index is 13.2. The average Bonchev–Trinajstić information content (AvgIpc) is 3.09. The molecule has 1 aliphatic heterocycles. The first kappa shape index (κ1) is 39.1. The monoisotopic (exact) mass is 624 g/mol. The van der Waals surface area contributed by atoms with Crippen LogP contribution in [0.4, 0.5) is 10.1 Å². The number of fused-ring (bicyclic) bond motifs is 3. The Kier molecular flexibility index (Phi) is 18.2. The Hall–Kier alpha value is -3.92. The SMILES string of the molecule is CCCC.CF.CO.C\C=C(/C=N/C(=C/CC)c1nc2ccc(N)c(C=N)c2c2c1CCCC2)C(=O)N1CCN(C(C)=O)CC1. The molecular formula is C35H53FN6O3. The van der Waals surface area contributed by atoms with Gasteiger partial charge in [-0.05, 0) is 62.3 Å². The molecule has 0 saturated carbocycles. The predicted molar refractivity (Wildman–Crippen MR) is 186 cm³/mol. The summed E-state index contributed by atoms with van der Waals surface area (Å²) in [5.41, 5.74) is 12.8. The van der Waals surface area contributed by atoms with Gasteiger partial charge in [-0.25, -0.2) is 4.98 Å². The zero-order valence-corrected chi connectivity index (χ0v) is 28.3. The van der Waals surface area contributed by atoms with E-state index in [1.165, 1.54) is 24.6 Å². The fourth-order valence-electron chi connectivity index (χ4n) is 5.24. The van der Waals surface area contributed by atoms with Crippen LogP contribution in [0.3, 0.4) is 0 Å². The summed E-state index contributed by atoms with van der Waals surface area (Å²) in [5.74, 6) is -0.0409. The zero-order valence-electron chi connectivity index (χ0n) is 28.3. The average molecular weight is 625 g/mol. The van der Waals surface area contributed by atoms with E-state index in [1.807, 2.05) is 19.1 Å². The van der Waals surface area contributed by atoms with Crippen molar-refractivity contribution in [3.63, 3.8) is 0 Å². The van der Waals surface area contributed by atoms with Crippen LogP contribution in [-0.4, -0.2) is 84.6 Å². The van der Waals surface area contributed by atoms with Crippen molar-refractivity contribution in [2.24, 2.45) is 4.99 Å². The van der Waals surface area contributed by atoms with E-state index in [0.29, 0.717) is 44.6 Å². The lowest BCUT2D eigenvalue weighted by Crippen LogP contribution is -2.50. The van der Waals surface area contributed by atoms with E-state index in [1.54, 1.807) is 29.0 Å². The number of hydrogen-bond donors (Lipinski definition) is 3. The topological polar surface area (TPSA) is 136 Å². The van der Waals surface area contributed by atoms with E-state index in [4.69, 9.17) is 26.2 Å². The Morgan fingerprint density at radius 1 is 1.02 bits per heavy atom. The van der Waals surface area contributed by atoms with Crippen molar-refractivity contribution in [3.05, 3.63) is 52.2 Å². The molecule has 1 aromatic carbocycles. The summed E-state index contributed by atoms with van der Waals surface area (Å²) in [6.45, 7) is 11.9. The number of carbonyl (C=O) groups excluding carboxylic acids is 2. The lowest BCUT2D eigenvalue weighted by Gasteiger charge is -2.34. The van der Waals surface area contributed by atoms with Crippen LogP contribution >= 0.6 is 0 Å². The van der Waals surface area contributed by atoms with E-state index in [0.717, 1.165) is 72.6 Å². The van der Waals surface area contributed by atoms with E-state index in [2.05, 4.69) is 26.8 Å². The summed E-state index contributed by atoms with van der Waals surface area (Å²) in [5, 5.41) is 15.9. The van der Waals surface area contributed by atoms with Crippen molar-refractivity contribution < 1.29 is 19.1 Å². The molecule has 10 heteroatoms. The number of nitrogens with two attached hydrogens (primary N) is 1. The molecule has 9 nitrogen and oxygen atoms in total. The van der Waals surface area contributed by atoms with Gasteiger partial charge in [-0.15, -0.1) is 0 Å². The smallest absolute Gasteiger partial charge is 0.255 e. The number of halogens is 1. The molecule has 2 heterocycles. The lowest BCUT2D eigenvalue weighted by atomic mass is 9.85. The first-order valence-electron chi connectivity index (χ1n) is 15.8. The second-order valence-corrected chi connectivity index (χ2v) is 10.5. The molecule has 2 aliphatic rings. The van der Waals surface area contributed by atoms with Gasteiger partial charge in [-0.2, -0.15) is 0 Å². The number of unbranched alkanes of at least 4 members (excludes halogenated alkanes) is 1. The molecule has 0 spiro atoms. The normalized spacial score (nSPS) is 14.8. The number of rotatable bonds is 7. The highest BCUT2D eigenvalue weighted by Crippen LogP contribution is 2.36. The number of hydrogen-bond acceptors (Lipinski definition) is 7. The highest BCUT2D eigenvalue weighted by Gasteiger charge is 2.25.